The number of benzene rings is 1. The summed E-state index contributed by atoms with van der Waals surface area (Å²) in [5, 5.41) is 6.09. The molecule has 0 atom stereocenters. The molecule has 0 unspecified atom stereocenters. The largest absolute Gasteiger partial charge is 0.354 e. The van der Waals surface area contributed by atoms with Crippen LogP contribution in [0, 0.1) is 5.82 Å². The lowest BCUT2D eigenvalue weighted by molar-refractivity contribution is -0.0914. The van der Waals surface area contributed by atoms with Gasteiger partial charge in [-0.25, -0.2) is 24.3 Å². The van der Waals surface area contributed by atoms with Crippen molar-refractivity contribution in [2.45, 2.75) is 6.29 Å². The van der Waals surface area contributed by atoms with E-state index in [0.717, 1.165) is 0 Å². The van der Waals surface area contributed by atoms with Crippen molar-refractivity contribution >= 4 is 40.1 Å². The van der Waals surface area contributed by atoms with Crippen LogP contribution in [0.5, 0.6) is 0 Å². The summed E-state index contributed by atoms with van der Waals surface area (Å²) in [4.78, 5) is 17.0. The minimum Gasteiger partial charge on any atom is -0.354 e. The van der Waals surface area contributed by atoms with E-state index in [1.165, 1.54) is 18.5 Å². The normalized spacial score (nSPS) is 11.1. The van der Waals surface area contributed by atoms with Crippen LogP contribution in [0.4, 0.5) is 21.8 Å². The number of nitrogens with one attached hydrogen (secondary N) is 2. The molecular weight excluding hydrogens is 363 g/mol. The van der Waals surface area contributed by atoms with E-state index in [0.29, 0.717) is 35.0 Å². The van der Waals surface area contributed by atoms with Gasteiger partial charge in [0.05, 0.1) is 17.8 Å². The molecule has 0 amide bonds. The maximum atomic E-state index is 13.3. The van der Waals surface area contributed by atoms with Gasteiger partial charge >= 0.3 is 0 Å². The van der Waals surface area contributed by atoms with E-state index in [1.807, 2.05) is 0 Å². The van der Waals surface area contributed by atoms with Crippen LogP contribution < -0.4 is 10.6 Å². The topological polar surface area (TPSA) is 94.1 Å². The molecule has 2 N–H and O–H groups in total. The average molecular weight is 379 g/mol. The number of aromatic nitrogens is 4. The summed E-state index contributed by atoms with van der Waals surface area (Å²) < 4.78 is 23.5. The lowest BCUT2D eigenvalue weighted by atomic mass is 10.3. The fourth-order valence-corrected chi connectivity index (χ4v) is 2.36. The molecule has 0 fully saturated rings. The molecule has 2 aromatic heterocycles. The highest BCUT2D eigenvalue weighted by atomic mass is 35.5. The Bertz CT molecular complexity index is 909. The maximum absolute atomic E-state index is 13.3. The lowest BCUT2D eigenvalue weighted by Gasteiger charge is -2.14. The molecule has 2 heterocycles. The Morgan fingerprint density at radius 2 is 2.00 bits per heavy atom. The molecule has 1 aromatic carbocycles. The molecule has 26 heavy (non-hydrogen) atoms. The molecule has 0 radical (unpaired) electrons. The van der Waals surface area contributed by atoms with Crippen molar-refractivity contribution < 1.29 is 13.9 Å². The van der Waals surface area contributed by atoms with Crippen molar-refractivity contribution in [1.29, 1.82) is 0 Å². The maximum Gasteiger partial charge on any atom is 0.223 e. The number of hydrogen-bond donors (Lipinski definition) is 2. The first-order valence-corrected chi connectivity index (χ1v) is 7.97. The third-order valence-corrected chi connectivity index (χ3v) is 3.80. The third kappa shape index (κ3) is 4.13. The number of nitrogens with zero attached hydrogens (tertiary/aromatic N) is 4. The first kappa shape index (κ1) is 18.2. The minimum atomic E-state index is -0.496. The van der Waals surface area contributed by atoms with E-state index in [4.69, 9.17) is 21.1 Å². The number of hydrogen-bond acceptors (Lipinski definition) is 8. The Balaban J connectivity index is 1.87. The molecule has 0 aliphatic carbocycles. The quantitative estimate of drug-likeness (QED) is 0.606. The highest BCUT2D eigenvalue weighted by Crippen LogP contribution is 2.25. The summed E-state index contributed by atoms with van der Waals surface area (Å²) >= 11 is 5.81. The summed E-state index contributed by atoms with van der Waals surface area (Å²) in [6.07, 6.45) is 2.53. The Morgan fingerprint density at radius 1 is 1.19 bits per heavy atom. The Hall–Kier alpha value is -2.62. The smallest absolute Gasteiger partial charge is 0.223 e. The van der Waals surface area contributed by atoms with Crippen molar-refractivity contribution in [3.63, 3.8) is 0 Å². The molecule has 0 aliphatic rings. The number of anilines is 3. The van der Waals surface area contributed by atoms with Crippen molar-refractivity contribution in [3.05, 3.63) is 41.6 Å². The molecular formula is C16H16ClFN6O2. The van der Waals surface area contributed by atoms with Gasteiger partial charge in [-0.3, -0.25) is 0 Å². The van der Waals surface area contributed by atoms with Gasteiger partial charge in [0.2, 0.25) is 5.95 Å². The molecule has 0 saturated carbocycles. The molecule has 0 bridgehead atoms. The van der Waals surface area contributed by atoms with E-state index in [2.05, 4.69) is 30.6 Å². The summed E-state index contributed by atoms with van der Waals surface area (Å²) in [5.74, 6) is 0.314. The number of fused-ring (bicyclic) bond motifs is 1. The average Bonchev–Trinajstić information content (AvgIpc) is 2.66. The van der Waals surface area contributed by atoms with E-state index in [-0.39, 0.29) is 5.02 Å². The number of ether oxygens (including phenoxy) is 2. The molecule has 3 aromatic rings. The first-order valence-electron chi connectivity index (χ1n) is 7.60. The SMILES string of the molecule is COC(CNc1ncc2ncnc(Nc3ccc(F)c(Cl)c3)c2n1)OC. The molecule has 8 nitrogen and oxygen atoms in total. The summed E-state index contributed by atoms with van der Waals surface area (Å²) in [6.45, 7) is 0.364. The molecule has 10 heteroatoms. The van der Waals surface area contributed by atoms with Crippen LogP contribution in [0.15, 0.2) is 30.7 Å². The number of methoxy groups -OCH3 is 2. The van der Waals surface area contributed by atoms with Crippen molar-refractivity contribution in [1.82, 2.24) is 19.9 Å². The minimum absolute atomic E-state index is 0.00974. The highest BCUT2D eigenvalue weighted by molar-refractivity contribution is 6.31. The monoisotopic (exact) mass is 378 g/mol. The zero-order chi connectivity index (χ0) is 18.5. The van der Waals surface area contributed by atoms with Gasteiger partial charge in [-0.2, -0.15) is 0 Å². The predicted molar refractivity (Wildman–Crippen MR) is 96.1 cm³/mol. The summed E-state index contributed by atoms with van der Waals surface area (Å²) in [7, 11) is 3.08. The second kappa shape index (κ2) is 8.17. The van der Waals surface area contributed by atoms with Gasteiger partial charge in [0.15, 0.2) is 12.1 Å². The molecule has 136 valence electrons. The summed E-state index contributed by atoms with van der Waals surface area (Å²) in [5.41, 5.74) is 1.62. The Kier molecular flexibility index (Phi) is 5.71. The van der Waals surface area contributed by atoms with Crippen molar-refractivity contribution in [3.8, 4) is 0 Å². The number of halogens is 2. The second-order valence-electron chi connectivity index (χ2n) is 5.19. The van der Waals surface area contributed by atoms with Gasteiger partial charge in [-0.05, 0) is 18.2 Å². The second-order valence-corrected chi connectivity index (χ2v) is 5.59. The van der Waals surface area contributed by atoms with Crippen molar-refractivity contribution in [2.75, 3.05) is 31.4 Å². The standard InChI is InChI=1S/C16H16ClFN6O2/c1-25-13(26-2)7-20-16-19-6-12-14(24-16)15(22-8-21-12)23-9-3-4-11(18)10(17)5-9/h3-6,8,13H,7H2,1-2H3,(H,19,20,24)(H,21,22,23). The fourth-order valence-electron chi connectivity index (χ4n) is 2.18. The zero-order valence-corrected chi connectivity index (χ0v) is 14.8. The van der Waals surface area contributed by atoms with Crippen LogP contribution in [0.1, 0.15) is 0 Å². The van der Waals surface area contributed by atoms with Crippen LogP contribution in [-0.4, -0.2) is 47.0 Å². The molecule has 3 rings (SSSR count). The fraction of sp³-hybridized carbons (Fsp3) is 0.250. The van der Waals surface area contributed by atoms with Crippen LogP contribution in [0.3, 0.4) is 0 Å². The molecule has 0 aliphatic heterocycles. The van der Waals surface area contributed by atoms with Gasteiger partial charge in [0.1, 0.15) is 23.2 Å². The predicted octanol–water partition coefficient (Wildman–Crippen LogP) is 2.99. The van der Waals surface area contributed by atoms with Crippen molar-refractivity contribution in [2.24, 2.45) is 0 Å². The first-order chi connectivity index (χ1) is 12.6. The van der Waals surface area contributed by atoms with E-state index >= 15 is 0 Å². The van der Waals surface area contributed by atoms with Crippen LogP contribution in [-0.2, 0) is 9.47 Å². The van der Waals surface area contributed by atoms with Gasteiger partial charge in [0.25, 0.3) is 0 Å². The van der Waals surface area contributed by atoms with Gasteiger partial charge in [-0.15, -0.1) is 0 Å². The van der Waals surface area contributed by atoms with Gasteiger partial charge < -0.3 is 20.1 Å². The van der Waals surface area contributed by atoms with Gasteiger partial charge in [0, 0.05) is 19.9 Å². The highest BCUT2D eigenvalue weighted by Gasteiger charge is 2.11. The Labute approximate surface area is 153 Å². The zero-order valence-electron chi connectivity index (χ0n) is 14.0. The molecule has 0 spiro atoms. The summed E-state index contributed by atoms with van der Waals surface area (Å²) in [6, 6.07) is 4.29. The van der Waals surface area contributed by atoms with Crippen LogP contribution >= 0.6 is 11.6 Å². The van der Waals surface area contributed by atoms with Crippen LogP contribution in [0.25, 0.3) is 11.0 Å². The van der Waals surface area contributed by atoms with Crippen LogP contribution in [0.2, 0.25) is 5.02 Å². The number of rotatable bonds is 7. The van der Waals surface area contributed by atoms with E-state index in [1.54, 1.807) is 26.5 Å². The Morgan fingerprint density at radius 3 is 2.73 bits per heavy atom. The van der Waals surface area contributed by atoms with E-state index in [9.17, 15) is 4.39 Å². The molecule has 0 saturated heterocycles. The van der Waals surface area contributed by atoms with Gasteiger partial charge in [-0.1, -0.05) is 11.6 Å². The lowest BCUT2D eigenvalue weighted by Crippen LogP contribution is -2.24. The third-order valence-electron chi connectivity index (χ3n) is 3.51. The van der Waals surface area contributed by atoms with E-state index < -0.39 is 12.1 Å².